The average molecular weight is 401 g/mol. The number of aliphatic carboxylic acids is 1. The molecule has 1 N–H and O–H groups in total. The Morgan fingerprint density at radius 3 is 2.29 bits per heavy atom. The van der Waals surface area contributed by atoms with E-state index in [4.69, 9.17) is 16.7 Å². The molecule has 7 heteroatoms. The summed E-state index contributed by atoms with van der Waals surface area (Å²) < 4.78 is 0. The second-order valence-corrected chi connectivity index (χ2v) is 7.21. The molecule has 2 aromatic carbocycles. The maximum atomic E-state index is 13.0. The van der Waals surface area contributed by atoms with Gasteiger partial charge < -0.3 is 14.9 Å². The van der Waals surface area contributed by atoms with E-state index in [9.17, 15) is 14.4 Å². The largest absolute Gasteiger partial charge is 0.481 e. The van der Waals surface area contributed by atoms with Crippen LogP contribution in [0.25, 0.3) is 0 Å². The van der Waals surface area contributed by atoms with Crippen LogP contribution in [0.4, 0.5) is 0 Å². The molecule has 6 nitrogen and oxygen atoms in total. The molecular weight excluding hydrogens is 380 g/mol. The predicted molar refractivity (Wildman–Crippen MR) is 105 cm³/mol. The van der Waals surface area contributed by atoms with Crippen molar-refractivity contribution >= 4 is 29.4 Å². The number of rotatable bonds is 6. The molecule has 28 heavy (non-hydrogen) atoms. The first-order chi connectivity index (χ1) is 13.4. The van der Waals surface area contributed by atoms with Crippen molar-refractivity contribution in [3.8, 4) is 0 Å². The van der Waals surface area contributed by atoms with E-state index < -0.39 is 18.2 Å². The van der Waals surface area contributed by atoms with E-state index in [-0.39, 0.29) is 24.7 Å². The molecule has 2 amide bonds. The maximum Gasteiger partial charge on any atom is 0.303 e. The van der Waals surface area contributed by atoms with E-state index in [1.54, 1.807) is 24.1 Å². The Morgan fingerprint density at radius 2 is 1.68 bits per heavy atom. The van der Waals surface area contributed by atoms with Crippen LogP contribution in [0.1, 0.15) is 30.1 Å². The summed E-state index contributed by atoms with van der Waals surface area (Å²) in [5.74, 6) is -1.57. The van der Waals surface area contributed by atoms with Gasteiger partial charge in [-0.1, -0.05) is 54.1 Å². The Morgan fingerprint density at radius 1 is 1.04 bits per heavy atom. The van der Waals surface area contributed by atoms with Gasteiger partial charge in [-0.05, 0) is 23.3 Å². The van der Waals surface area contributed by atoms with Gasteiger partial charge in [0.1, 0.15) is 12.2 Å². The molecular formula is C21H21ClN2O4. The molecule has 1 fully saturated rings. The summed E-state index contributed by atoms with van der Waals surface area (Å²) in [6.45, 7) is 0. The quantitative estimate of drug-likeness (QED) is 0.808. The number of amides is 2. The third-order valence-corrected chi connectivity index (χ3v) is 5.13. The van der Waals surface area contributed by atoms with Crippen molar-refractivity contribution in [2.45, 2.75) is 31.5 Å². The minimum absolute atomic E-state index is 0.156. The minimum Gasteiger partial charge on any atom is -0.481 e. The predicted octanol–water partition coefficient (Wildman–Crippen LogP) is 3.12. The first-order valence-corrected chi connectivity index (χ1v) is 9.35. The molecule has 0 aromatic heterocycles. The lowest BCUT2D eigenvalue weighted by atomic mass is 10.0. The summed E-state index contributed by atoms with van der Waals surface area (Å²) in [4.78, 5) is 40.0. The van der Waals surface area contributed by atoms with Gasteiger partial charge in [0.05, 0.1) is 6.42 Å². The number of likely N-dealkylation sites (N-methyl/N-ethyl adjacent to an activating group) is 1. The number of carboxylic acid groups (broad SMARTS) is 1. The normalized spacial score (nSPS) is 19.1. The van der Waals surface area contributed by atoms with Crippen molar-refractivity contribution in [1.82, 2.24) is 9.80 Å². The van der Waals surface area contributed by atoms with Crippen molar-refractivity contribution in [3.63, 3.8) is 0 Å². The highest BCUT2D eigenvalue weighted by molar-refractivity contribution is 6.30. The van der Waals surface area contributed by atoms with Gasteiger partial charge in [0.2, 0.25) is 11.8 Å². The highest BCUT2D eigenvalue weighted by Crippen LogP contribution is 2.35. The molecule has 1 aliphatic rings. The number of carboxylic acids is 1. The number of hydrogen-bond donors (Lipinski definition) is 1. The maximum absolute atomic E-state index is 13.0. The van der Waals surface area contributed by atoms with Crippen molar-refractivity contribution in [1.29, 1.82) is 0 Å². The van der Waals surface area contributed by atoms with E-state index in [1.807, 2.05) is 42.5 Å². The lowest BCUT2D eigenvalue weighted by molar-refractivity contribution is -0.142. The zero-order valence-corrected chi connectivity index (χ0v) is 16.2. The molecule has 2 aromatic rings. The highest BCUT2D eigenvalue weighted by Gasteiger charge is 2.47. The molecule has 0 saturated carbocycles. The van der Waals surface area contributed by atoms with Crippen LogP contribution in [-0.4, -0.2) is 45.8 Å². The van der Waals surface area contributed by atoms with Crippen LogP contribution in [0, 0.1) is 0 Å². The Bertz CT molecular complexity index is 870. The van der Waals surface area contributed by atoms with Gasteiger partial charge >= 0.3 is 5.97 Å². The third kappa shape index (κ3) is 4.17. The highest BCUT2D eigenvalue weighted by atomic mass is 35.5. The number of carbonyl (C=O) groups is 3. The van der Waals surface area contributed by atoms with Gasteiger partial charge in [-0.2, -0.15) is 0 Å². The summed E-state index contributed by atoms with van der Waals surface area (Å²) in [6, 6.07) is 15.7. The molecule has 3 rings (SSSR count). The van der Waals surface area contributed by atoms with Gasteiger partial charge in [-0.25, -0.2) is 0 Å². The Kier molecular flexibility index (Phi) is 5.99. The molecule has 1 saturated heterocycles. The van der Waals surface area contributed by atoms with Crippen molar-refractivity contribution in [3.05, 3.63) is 70.7 Å². The molecule has 0 radical (unpaired) electrons. The van der Waals surface area contributed by atoms with Gasteiger partial charge in [0, 0.05) is 24.9 Å². The number of benzene rings is 2. The zero-order chi connectivity index (χ0) is 20.3. The Balaban J connectivity index is 1.95. The summed E-state index contributed by atoms with van der Waals surface area (Å²) in [5, 5.41) is 9.55. The van der Waals surface area contributed by atoms with E-state index in [0.29, 0.717) is 11.4 Å². The van der Waals surface area contributed by atoms with Gasteiger partial charge in [-0.15, -0.1) is 0 Å². The van der Waals surface area contributed by atoms with Gasteiger partial charge in [-0.3, -0.25) is 14.4 Å². The topological polar surface area (TPSA) is 77.9 Å². The fourth-order valence-corrected chi connectivity index (χ4v) is 3.65. The number of nitrogens with zero attached hydrogens (tertiary/aromatic N) is 2. The summed E-state index contributed by atoms with van der Waals surface area (Å²) in [6.07, 6.45) is -0.658. The number of halogens is 1. The SMILES string of the molecule is CN1C(=O)C(Cc2ccc(Cl)cc2)N(C(=O)CCC(=O)O)C1c1ccccc1. The lowest BCUT2D eigenvalue weighted by Crippen LogP contribution is -2.41. The molecule has 146 valence electrons. The van der Waals surface area contributed by atoms with Gasteiger partial charge in [0.15, 0.2) is 0 Å². The van der Waals surface area contributed by atoms with E-state index in [1.165, 1.54) is 4.90 Å². The second kappa shape index (κ2) is 8.44. The zero-order valence-electron chi connectivity index (χ0n) is 15.4. The molecule has 2 atom stereocenters. The van der Waals surface area contributed by atoms with Gasteiger partial charge in [0.25, 0.3) is 0 Å². The van der Waals surface area contributed by atoms with E-state index >= 15 is 0 Å². The van der Waals surface area contributed by atoms with Crippen molar-refractivity contribution in [2.75, 3.05) is 7.05 Å². The summed E-state index contributed by atoms with van der Waals surface area (Å²) >= 11 is 5.94. The third-order valence-electron chi connectivity index (χ3n) is 4.88. The first kappa shape index (κ1) is 19.9. The molecule has 2 unspecified atom stereocenters. The fraction of sp³-hybridized carbons (Fsp3) is 0.286. The fourth-order valence-electron chi connectivity index (χ4n) is 3.52. The molecule has 0 spiro atoms. The molecule has 1 aliphatic heterocycles. The van der Waals surface area contributed by atoms with Crippen LogP contribution in [0.2, 0.25) is 5.02 Å². The lowest BCUT2D eigenvalue weighted by Gasteiger charge is -2.30. The smallest absolute Gasteiger partial charge is 0.303 e. The molecule has 0 bridgehead atoms. The minimum atomic E-state index is -1.04. The van der Waals surface area contributed by atoms with Crippen LogP contribution in [0.5, 0.6) is 0 Å². The van der Waals surface area contributed by atoms with Crippen LogP contribution >= 0.6 is 11.6 Å². The first-order valence-electron chi connectivity index (χ1n) is 8.97. The second-order valence-electron chi connectivity index (χ2n) is 6.77. The summed E-state index contributed by atoms with van der Waals surface area (Å²) in [5.41, 5.74) is 1.68. The number of carbonyl (C=O) groups excluding carboxylic acids is 2. The average Bonchev–Trinajstić information content (AvgIpc) is 2.93. The van der Waals surface area contributed by atoms with E-state index in [2.05, 4.69) is 0 Å². The molecule has 1 heterocycles. The summed E-state index contributed by atoms with van der Waals surface area (Å²) in [7, 11) is 1.67. The van der Waals surface area contributed by atoms with Crippen LogP contribution < -0.4 is 0 Å². The van der Waals surface area contributed by atoms with Crippen molar-refractivity contribution in [2.24, 2.45) is 0 Å². The van der Waals surface area contributed by atoms with E-state index in [0.717, 1.165) is 11.1 Å². The number of hydrogen-bond acceptors (Lipinski definition) is 3. The Labute approximate surface area is 168 Å². The Hall–Kier alpha value is -2.86. The van der Waals surface area contributed by atoms with Crippen LogP contribution in [-0.2, 0) is 20.8 Å². The van der Waals surface area contributed by atoms with Crippen LogP contribution in [0.3, 0.4) is 0 Å². The monoisotopic (exact) mass is 400 g/mol. The molecule has 0 aliphatic carbocycles. The van der Waals surface area contributed by atoms with Crippen LogP contribution in [0.15, 0.2) is 54.6 Å². The standard InChI is InChI=1S/C21H21ClN2O4/c1-23-20(15-5-3-2-4-6-15)24(18(25)11-12-19(26)27)17(21(23)28)13-14-7-9-16(22)10-8-14/h2-10,17,20H,11-13H2,1H3,(H,26,27). The van der Waals surface area contributed by atoms with Crippen molar-refractivity contribution < 1.29 is 19.5 Å².